The number of hydrogen-bond acceptors (Lipinski definition) is 5. The number of morpholine rings is 1. The van der Waals surface area contributed by atoms with Gasteiger partial charge in [-0.3, -0.25) is 4.79 Å². The number of nitrogens with two attached hydrogens (primary N) is 1. The number of benzene rings is 1. The van der Waals surface area contributed by atoms with E-state index in [-0.39, 0.29) is 36.0 Å². The summed E-state index contributed by atoms with van der Waals surface area (Å²) in [6.07, 6.45) is 3.51. The van der Waals surface area contributed by atoms with E-state index in [4.69, 9.17) is 10.5 Å². The van der Waals surface area contributed by atoms with Gasteiger partial charge in [0.05, 0.1) is 19.0 Å². The second-order valence-corrected chi connectivity index (χ2v) is 9.34. The fourth-order valence-corrected chi connectivity index (χ4v) is 5.37. The minimum Gasteiger partial charge on any atom is -0.379 e. The van der Waals surface area contributed by atoms with Gasteiger partial charge in [-0.1, -0.05) is 30.7 Å². The third-order valence-electron chi connectivity index (χ3n) is 5.46. The normalized spacial score (nSPS) is 23.2. The highest BCUT2D eigenvalue weighted by Gasteiger charge is 2.27. The Bertz CT molecular complexity index is 753. The number of sulfonamides is 1. The molecule has 3 N–H and O–H groups in total. The van der Waals surface area contributed by atoms with Crippen LogP contribution in [0.4, 0.5) is 0 Å². The van der Waals surface area contributed by atoms with Crippen molar-refractivity contribution in [3.63, 3.8) is 0 Å². The molecule has 1 amide bonds. The topological polar surface area (TPSA) is 102 Å². The number of carbonyl (C=O) groups is 1. The quantitative estimate of drug-likeness (QED) is 0.679. The zero-order valence-electron chi connectivity index (χ0n) is 16.0. The average molecular weight is 432 g/mol. The number of nitrogens with zero attached hydrogens (tertiary/aromatic N) is 1. The monoisotopic (exact) mass is 431 g/mol. The maximum atomic E-state index is 12.7. The molecular formula is C19H30ClN3O4S. The molecule has 1 aliphatic heterocycles. The first-order valence-electron chi connectivity index (χ1n) is 9.60. The van der Waals surface area contributed by atoms with E-state index in [0.29, 0.717) is 39.3 Å². The van der Waals surface area contributed by atoms with Crippen molar-refractivity contribution >= 4 is 28.3 Å². The van der Waals surface area contributed by atoms with Gasteiger partial charge in [-0.2, -0.15) is 4.31 Å². The van der Waals surface area contributed by atoms with Crippen molar-refractivity contribution in [1.29, 1.82) is 0 Å². The van der Waals surface area contributed by atoms with E-state index in [9.17, 15) is 13.2 Å². The number of nitrogens with one attached hydrogen (secondary N) is 1. The van der Waals surface area contributed by atoms with E-state index >= 15 is 0 Å². The fraction of sp³-hybridized carbons (Fsp3) is 0.632. The van der Waals surface area contributed by atoms with Crippen LogP contribution in [0.1, 0.15) is 36.8 Å². The van der Waals surface area contributed by atoms with Gasteiger partial charge in [0.25, 0.3) is 0 Å². The Morgan fingerprint density at radius 1 is 1.18 bits per heavy atom. The zero-order chi connectivity index (χ0) is 19.3. The van der Waals surface area contributed by atoms with Gasteiger partial charge in [-0.25, -0.2) is 8.42 Å². The molecule has 2 atom stereocenters. The summed E-state index contributed by atoms with van der Waals surface area (Å²) >= 11 is 0. The van der Waals surface area contributed by atoms with Gasteiger partial charge >= 0.3 is 0 Å². The Hall–Kier alpha value is -1.19. The first kappa shape index (κ1) is 23.1. The van der Waals surface area contributed by atoms with Crippen molar-refractivity contribution in [3.8, 4) is 0 Å². The molecule has 1 aromatic carbocycles. The third-order valence-corrected chi connectivity index (χ3v) is 7.29. The molecule has 1 saturated heterocycles. The number of ether oxygens (including phenoxy) is 1. The summed E-state index contributed by atoms with van der Waals surface area (Å²) in [5, 5.41) is 2.93. The minimum absolute atomic E-state index is 0. The van der Waals surface area contributed by atoms with Crippen LogP contribution in [0.25, 0.3) is 0 Å². The van der Waals surface area contributed by atoms with Crippen molar-refractivity contribution in [3.05, 3.63) is 35.4 Å². The lowest BCUT2D eigenvalue weighted by molar-refractivity contribution is -0.122. The van der Waals surface area contributed by atoms with Crippen LogP contribution in [0.3, 0.4) is 0 Å². The van der Waals surface area contributed by atoms with E-state index in [0.717, 1.165) is 30.4 Å². The van der Waals surface area contributed by atoms with Crippen LogP contribution in [0.2, 0.25) is 0 Å². The highest BCUT2D eigenvalue weighted by molar-refractivity contribution is 7.88. The van der Waals surface area contributed by atoms with Gasteiger partial charge in [-0.05, 0) is 29.9 Å². The highest BCUT2D eigenvalue weighted by atomic mass is 35.5. The van der Waals surface area contributed by atoms with Crippen LogP contribution in [-0.2, 0) is 31.9 Å². The van der Waals surface area contributed by atoms with Crippen LogP contribution in [0.15, 0.2) is 24.3 Å². The molecule has 0 radical (unpaired) electrons. The molecule has 7 nitrogen and oxygen atoms in total. The predicted molar refractivity (Wildman–Crippen MR) is 110 cm³/mol. The lowest BCUT2D eigenvalue weighted by atomic mass is 10.00. The summed E-state index contributed by atoms with van der Waals surface area (Å²) < 4.78 is 32.1. The molecule has 158 valence electrons. The van der Waals surface area contributed by atoms with Crippen molar-refractivity contribution in [1.82, 2.24) is 9.62 Å². The highest BCUT2D eigenvalue weighted by Crippen LogP contribution is 2.26. The molecule has 0 aromatic heterocycles. The molecule has 0 unspecified atom stereocenters. The standard InChI is InChI=1S/C19H29N3O4S.ClH/c20-18-7-3-6-15(18)12-19(23)21-13-16-4-1-2-5-17(16)14-27(24,25)22-8-10-26-11-9-22;/h1-2,4-5,15,18H,3,6-14,20H2,(H,21,23);1H/t15-,18+;/m0./s1. The smallest absolute Gasteiger partial charge is 0.220 e. The Morgan fingerprint density at radius 2 is 1.86 bits per heavy atom. The second-order valence-electron chi connectivity index (χ2n) is 7.37. The maximum Gasteiger partial charge on any atom is 0.220 e. The van der Waals surface area contributed by atoms with Crippen LogP contribution in [0, 0.1) is 5.92 Å². The summed E-state index contributed by atoms with van der Waals surface area (Å²) in [5.41, 5.74) is 7.59. The van der Waals surface area contributed by atoms with E-state index in [1.54, 1.807) is 0 Å². The van der Waals surface area contributed by atoms with E-state index in [1.807, 2.05) is 24.3 Å². The molecule has 1 aromatic rings. The molecule has 0 spiro atoms. The second kappa shape index (κ2) is 10.5. The number of rotatable bonds is 7. The van der Waals surface area contributed by atoms with E-state index < -0.39 is 10.0 Å². The van der Waals surface area contributed by atoms with Crippen LogP contribution in [-0.4, -0.2) is 51.0 Å². The lowest BCUT2D eigenvalue weighted by Crippen LogP contribution is -2.41. The Balaban J connectivity index is 0.00000280. The molecule has 9 heteroatoms. The molecule has 1 saturated carbocycles. The molecule has 1 aliphatic carbocycles. The molecule has 2 aliphatic rings. The molecule has 2 fully saturated rings. The van der Waals surface area contributed by atoms with E-state index in [2.05, 4.69) is 5.32 Å². The molecule has 3 rings (SSSR count). The van der Waals surface area contributed by atoms with Gasteiger partial charge in [0.2, 0.25) is 15.9 Å². The predicted octanol–water partition coefficient (Wildman–Crippen LogP) is 1.40. The molecular weight excluding hydrogens is 402 g/mol. The first-order chi connectivity index (χ1) is 13.0. The zero-order valence-corrected chi connectivity index (χ0v) is 17.6. The van der Waals surface area contributed by atoms with Gasteiger partial charge < -0.3 is 15.8 Å². The molecule has 28 heavy (non-hydrogen) atoms. The number of amides is 1. The molecule has 0 bridgehead atoms. The summed E-state index contributed by atoms with van der Waals surface area (Å²) in [6, 6.07) is 7.48. The maximum absolute atomic E-state index is 12.7. The minimum atomic E-state index is -3.40. The third kappa shape index (κ3) is 6.15. The fourth-order valence-electron chi connectivity index (χ4n) is 3.81. The summed E-state index contributed by atoms with van der Waals surface area (Å²) in [6.45, 7) is 1.97. The summed E-state index contributed by atoms with van der Waals surface area (Å²) in [4.78, 5) is 12.3. The number of halogens is 1. The number of carbonyl (C=O) groups excluding carboxylic acids is 1. The van der Waals surface area contributed by atoms with Crippen LogP contribution < -0.4 is 11.1 Å². The Labute approximate surface area is 173 Å². The Kier molecular flexibility index (Phi) is 8.70. The average Bonchev–Trinajstić information content (AvgIpc) is 3.06. The van der Waals surface area contributed by atoms with E-state index in [1.165, 1.54) is 4.31 Å². The van der Waals surface area contributed by atoms with Crippen molar-refractivity contribution < 1.29 is 17.9 Å². The van der Waals surface area contributed by atoms with Gasteiger partial charge in [0, 0.05) is 32.1 Å². The first-order valence-corrected chi connectivity index (χ1v) is 11.2. The lowest BCUT2D eigenvalue weighted by Gasteiger charge is -2.26. The largest absolute Gasteiger partial charge is 0.379 e. The van der Waals surface area contributed by atoms with Crippen molar-refractivity contribution in [2.45, 2.75) is 44.0 Å². The summed E-state index contributed by atoms with van der Waals surface area (Å²) in [5.74, 6) is 0.164. The Morgan fingerprint density at radius 3 is 2.50 bits per heavy atom. The van der Waals surface area contributed by atoms with Crippen LogP contribution in [0.5, 0.6) is 0 Å². The van der Waals surface area contributed by atoms with Gasteiger partial charge in [0.1, 0.15) is 0 Å². The number of hydrogen-bond donors (Lipinski definition) is 2. The van der Waals surface area contributed by atoms with Crippen molar-refractivity contribution in [2.24, 2.45) is 11.7 Å². The summed E-state index contributed by atoms with van der Waals surface area (Å²) in [7, 11) is -3.40. The van der Waals surface area contributed by atoms with Gasteiger partial charge in [-0.15, -0.1) is 12.4 Å². The van der Waals surface area contributed by atoms with Crippen molar-refractivity contribution in [2.75, 3.05) is 26.3 Å². The van der Waals surface area contributed by atoms with Crippen LogP contribution >= 0.6 is 12.4 Å². The SMILES string of the molecule is Cl.N[C@@H]1CCC[C@H]1CC(=O)NCc1ccccc1CS(=O)(=O)N1CCOCC1. The molecule has 1 heterocycles. The van der Waals surface area contributed by atoms with Gasteiger partial charge in [0.15, 0.2) is 0 Å².